The molecule has 0 aromatic heterocycles. The summed E-state index contributed by atoms with van der Waals surface area (Å²) in [5.41, 5.74) is 1.39. The van der Waals surface area contributed by atoms with Crippen LogP contribution in [0.15, 0.2) is 40.8 Å². The minimum absolute atomic E-state index is 0.280. The summed E-state index contributed by atoms with van der Waals surface area (Å²) in [6.45, 7) is 2.35. The molecule has 0 bridgehead atoms. The first-order valence-electron chi connectivity index (χ1n) is 6.19. The number of carbonyl (C=O) groups excluding carboxylic acids is 1. The highest BCUT2D eigenvalue weighted by Gasteiger charge is 2.07. The van der Waals surface area contributed by atoms with E-state index in [0.717, 1.165) is 5.69 Å². The molecule has 20 heavy (non-hydrogen) atoms. The Morgan fingerprint density at radius 2 is 1.90 bits per heavy atom. The van der Waals surface area contributed by atoms with Crippen LogP contribution in [0.25, 0.3) is 0 Å². The summed E-state index contributed by atoms with van der Waals surface area (Å²) < 4.78 is 27.3. The van der Waals surface area contributed by atoms with Gasteiger partial charge in [0.25, 0.3) is 0 Å². The van der Waals surface area contributed by atoms with E-state index in [2.05, 4.69) is 10.1 Å². The van der Waals surface area contributed by atoms with Crippen LogP contribution in [0.5, 0.6) is 0 Å². The van der Waals surface area contributed by atoms with Crippen LogP contribution >= 0.6 is 0 Å². The van der Waals surface area contributed by atoms with Crippen LogP contribution in [0.4, 0.5) is 5.69 Å². The van der Waals surface area contributed by atoms with Crippen LogP contribution < -0.4 is 5.32 Å². The molecule has 0 saturated heterocycles. The molecule has 5 nitrogen and oxygen atoms in total. The van der Waals surface area contributed by atoms with Crippen molar-refractivity contribution in [3.63, 3.8) is 0 Å². The molecule has 1 aromatic carbocycles. The maximum Gasteiger partial charge on any atom is 0.333 e. The Morgan fingerprint density at radius 3 is 2.35 bits per heavy atom. The third-order valence-corrected chi connectivity index (χ3v) is 3.89. The Morgan fingerprint density at radius 1 is 1.30 bits per heavy atom. The average molecular weight is 297 g/mol. The number of hydrogen-bond acceptors (Lipinski definition) is 5. The van der Waals surface area contributed by atoms with Gasteiger partial charge in [0, 0.05) is 24.1 Å². The van der Waals surface area contributed by atoms with Gasteiger partial charge >= 0.3 is 5.97 Å². The topological polar surface area (TPSA) is 72.5 Å². The van der Waals surface area contributed by atoms with E-state index in [0.29, 0.717) is 18.5 Å². The molecule has 0 saturated carbocycles. The summed E-state index contributed by atoms with van der Waals surface area (Å²) in [5.74, 6) is -0.332. The van der Waals surface area contributed by atoms with E-state index < -0.39 is 9.84 Å². The first kappa shape index (κ1) is 16.2. The molecule has 0 heterocycles. The van der Waals surface area contributed by atoms with Gasteiger partial charge in [-0.15, -0.1) is 0 Å². The largest absolute Gasteiger partial charge is 0.466 e. The van der Waals surface area contributed by atoms with Crippen molar-refractivity contribution >= 4 is 21.5 Å². The first-order chi connectivity index (χ1) is 9.38. The van der Waals surface area contributed by atoms with E-state index in [1.54, 1.807) is 30.3 Å². The van der Waals surface area contributed by atoms with Crippen LogP contribution in [0, 0.1) is 0 Å². The average Bonchev–Trinajstić information content (AvgIpc) is 2.42. The van der Waals surface area contributed by atoms with Gasteiger partial charge in [-0.2, -0.15) is 0 Å². The third kappa shape index (κ3) is 4.70. The standard InChI is InChI=1S/C14H19NO4S/c1-4-11(14(16)19-2)9-10-15-12-5-7-13(8-6-12)20(3,17)18/h5-9,15H,4,10H2,1-3H3/b11-9-. The van der Waals surface area contributed by atoms with E-state index in [-0.39, 0.29) is 10.9 Å². The van der Waals surface area contributed by atoms with Crippen molar-refractivity contribution in [1.82, 2.24) is 0 Å². The van der Waals surface area contributed by atoms with Gasteiger partial charge in [-0.25, -0.2) is 13.2 Å². The van der Waals surface area contributed by atoms with Gasteiger partial charge in [-0.3, -0.25) is 0 Å². The summed E-state index contributed by atoms with van der Waals surface area (Å²) in [4.78, 5) is 11.6. The first-order valence-corrected chi connectivity index (χ1v) is 8.09. The number of benzene rings is 1. The lowest BCUT2D eigenvalue weighted by Crippen LogP contribution is -2.07. The number of anilines is 1. The van der Waals surface area contributed by atoms with Crippen molar-refractivity contribution in [3.8, 4) is 0 Å². The molecule has 1 aromatic rings. The lowest BCUT2D eigenvalue weighted by molar-refractivity contribution is -0.136. The smallest absolute Gasteiger partial charge is 0.333 e. The number of sulfone groups is 1. The van der Waals surface area contributed by atoms with Crippen molar-refractivity contribution in [1.29, 1.82) is 0 Å². The zero-order valence-corrected chi connectivity index (χ0v) is 12.7. The number of ether oxygens (including phenoxy) is 1. The van der Waals surface area contributed by atoms with Gasteiger partial charge in [-0.05, 0) is 30.7 Å². The number of rotatable bonds is 6. The number of esters is 1. The molecule has 0 unspecified atom stereocenters. The van der Waals surface area contributed by atoms with Crippen molar-refractivity contribution in [2.75, 3.05) is 25.2 Å². The lowest BCUT2D eigenvalue weighted by Gasteiger charge is -2.06. The number of carbonyl (C=O) groups is 1. The molecule has 0 radical (unpaired) electrons. The van der Waals surface area contributed by atoms with Crippen LogP contribution in [-0.2, 0) is 19.4 Å². The normalized spacial score (nSPS) is 12.1. The van der Waals surface area contributed by atoms with Gasteiger partial charge in [0.1, 0.15) is 0 Å². The Labute approximate surface area is 119 Å². The second-order valence-electron chi connectivity index (χ2n) is 4.25. The molecule has 0 amide bonds. The van der Waals surface area contributed by atoms with E-state index in [4.69, 9.17) is 0 Å². The molecule has 0 aliphatic rings. The summed E-state index contributed by atoms with van der Waals surface area (Å²) in [6, 6.07) is 6.47. The van der Waals surface area contributed by atoms with Crippen LogP contribution in [0.1, 0.15) is 13.3 Å². The molecule has 0 fully saturated rings. The molecule has 0 aliphatic heterocycles. The monoisotopic (exact) mass is 297 g/mol. The van der Waals surface area contributed by atoms with Crippen LogP contribution in [-0.4, -0.2) is 34.3 Å². The fourth-order valence-electron chi connectivity index (χ4n) is 1.62. The van der Waals surface area contributed by atoms with E-state index >= 15 is 0 Å². The Kier molecular flexibility index (Phi) is 5.76. The van der Waals surface area contributed by atoms with Gasteiger partial charge in [0.05, 0.1) is 12.0 Å². The minimum atomic E-state index is -3.17. The zero-order chi connectivity index (χ0) is 15.2. The van der Waals surface area contributed by atoms with E-state index in [1.807, 2.05) is 6.92 Å². The number of nitrogens with one attached hydrogen (secondary N) is 1. The van der Waals surface area contributed by atoms with E-state index in [1.165, 1.54) is 13.4 Å². The van der Waals surface area contributed by atoms with Gasteiger partial charge in [0.15, 0.2) is 9.84 Å². The molecule has 0 aliphatic carbocycles. The van der Waals surface area contributed by atoms with Crippen LogP contribution in [0.3, 0.4) is 0 Å². The number of hydrogen-bond donors (Lipinski definition) is 1. The molecule has 110 valence electrons. The van der Waals surface area contributed by atoms with Crippen molar-refractivity contribution < 1.29 is 17.9 Å². The molecule has 1 rings (SSSR count). The lowest BCUT2D eigenvalue weighted by atomic mass is 10.2. The summed E-state index contributed by atoms with van der Waals surface area (Å²) >= 11 is 0. The quantitative estimate of drug-likeness (QED) is 0.642. The Balaban J connectivity index is 2.67. The minimum Gasteiger partial charge on any atom is -0.466 e. The summed E-state index contributed by atoms with van der Waals surface area (Å²) in [7, 11) is -1.82. The molecule has 0 atom stereocenters. The third-order valence-electron chi connectivity index (χ3n) is 2.77. The fraction of sp³-hybridized carbons (Fsp3) is 0.357. The highest BCUT2D eigenvalue weighted by molar-refractivity contribution is 7.90. The zero-order valence-electron chi connectivity index (χ0n) is 11.8. The maximum absolute atomic E-state index is 11.4. The van der Waals surface area contributed by atoms with Gasteiger partial charge in [-0.1, -0.05) is 13.0 Å². The molecule has 0 spiro atoms. The Bertz CT molecular complexity index is 588. The van der Waals surface area contributed by atoms with Crippen molar-refractivity contribution in [2.24, 2.45) is 0 Å². The maximum atomic E-state index is 11.4. The second kappa shape index (κ2) is 7.09. The predicted octanol–water partition coefficient (Wildman–Crippen LogP) is 2.01. The molecule has 1 N–H and O–H groups in total. The Hall–Kier alpha value is -1.82. The summed E-state index contributed by atoms with van der Waals surface area (Å²) in [5, 5.41) is 3.09. The van der Waals surface area contributed by atoms with E-state index in [9.17, 15) is 13.2 Å². The molecule has 6 heteroatoms. The van der Waals surface area contributed by atoms with Crippen molar-refractivity contribution in [2.45, 2.75) is 18.2 Å². The number of methoxy groups -OCH3 is 1. The highest BCUT2D eigenvalue weighted by atomic mass is 32.2. The summed E-state index contributed by atoms with van der Waals surface area (Å²) in [6.07, 6.45) is 3.53. The highest BCUT2D eigenvalue weighted by Crippen LogP contribution is 2.13. The SMILES string of the molecule is CC/C(=C/CNc1ccc(S(C)(=O)=O)cc1)C(=O)OC. The van der Waals surface area contributed by atoms with Crippen LogP contribution in [0.2, 0.25) is 0 Å². The molecular formula is C14H19NO4S. The fourth-order valence-corrected chi connectivity index (χ4v) is 2.25. The van der Waals surface area contributed by atoms with Gasteiger partial charge in [0.2, 0.25) is 0 Å². The van der Waals surface area contributed by atoms with Gasteiger partial charge < -0.3 is 10.1 Å². The molecular weight excluding hydrogens is 278 g/mol. The second-order valence-corrected chi connectivity index (χ2v) is 6.27. The van der Waals surface area contributed by atoms with Crippen molar-refractivity contribution in [3.05, 3.63) is 35.9 Å². The predicted molar refractivity (Wildman–Crippen MR) is 78.4 cm³/mol.